The molecule has 1 spiro atoms. The summed E-state index contributed by atoms with van der Waals surface area (Å²) in [6.45, 7) is 14.4. The highest BCUT2D eigenvalue weighted by Gasteiger charge is 2.74. The second-order valence-corrected chi connectivity index (χ2v) is 13.2. The quantitative estimate of drug-likeness (QED) is 0.350. The second-order valence-electron chi connectivity index (χ2n) is 11.6. The highest BCUT2D eigenvalue weighted by Crippen LogP contribution is 2.67. The molecule has 0 aromatic heterocycles. The van der Waals surface area contributed by atoms with E-state index in [0.29, 0.717) is 52.2 Å². The number of nitrogens with zero attached hydrogens (tertiary/aromatic N) is 4. The number of carbonyl (C=O) groups is 3. The third-order valence-corrected chi connectivity index (χ3v) is 11.4. The Balaban J connectivity index is 1.49. The molecule has 4 aliphatic heterocycles. The highest BCUT2D eigenvalue weighted by atomic mass is 32.2. The van der Waals surface area contributed by atoms with Crippen molar-refractivity contribution in [3.63, 3.8) is 0 Å². The van der Waals surface area contributed by atoms with Gasteiger partial charge in [-0.2, -0.15) is 0 Å². The van der Waals surface area contributed by atoms with Crippen LogP contribution in [0.3, 0.4) is 0 Å². The maximum atomic E-state index is 14.6. The number of benzene rings is 1. The summed E-state index contributed by atoms with van der Waals surface area (Å²) in [5.41, 5.74) is 0.765. The fraction of sp³-hybridized carbons (Fsp3) is 0.594. The van der Waals surface area contributed by atoms with Gasteiger partial charge in [0.05, 0.1) is 42.4 Å². The molecule has 1 N–H and O–H groups in total. The van der Waals surface area contributed by atoms with Gasteiger partial charge < -0.3 is 24.5 Å². The number of hydrogen-bond acceptors (Lipinski definition) is 7. The van der Waals surface area contributed by atoms with Gasteiger partial charge in [-0.25, -0.2) is 0 Å². The summed E-state index contributed by atoms with van der Waals surface area (Å²) in [6.07, 6.45) is 5.41. The molecule has 9 nitrogen and oxygen atoms in total. The Labute approximate surface area is 253 Å². The maximum absolute atomic E-state index is 14.6. The van der Waals surface area contributed by atoms with Crippen LogP contribution in [0.15, 0.2) is 55.6 Å². The summed E-state index contributed by atoms with van der Waals surface area (Å²) >= 11 is 1.66. The largest absolute Gasteiger partial charge is 0.394 e. The molecule has 4 saturated heterocycles. The number of thioether (sulfide) groups is 1. The number of rotatable bonds is 13. The first-order chi connectivity index (χ1) is 20.4. The molecule has 228 valence electrons. The SMILES string of the molecule is C=CCN(CCN1CCOCC1)C(=O)C1N([C@@H](CC)CO)C(=O)[C@@H]2[C@@H](C(=O)N(CC=C)c3ccccc3)[C@H]3CCC12S3. The number of ether oxygens (including phenoxy) is 1. The lowest BCUT2D eigenvalue weighted by atomic mass is 9.70. The number of amides is 3. The van der Waals surface area contributed by atoms with Crippen molar-refractivity contribution in [2.75, 3.05) is 64.0 Å². The van der Waals surface area contributed by atoms with Crippen molar-refractivity contribution in [2.45, 2.75) is 48.3 Å². The van der Waals surface area contributed by atoms with Crippen LogP contribution in [0.1, 0.15) is 26.2 Å². The number of aliphatic hydroxyl groups is 1. The molecule has 4 fully saturated rings. The molecule has 42 heavy (non-hydrogen) atoms. The van der Waals surface area contributed by atoms with Crippen LogP contribution >= 0.6 is 11.8 Å². The number of fused-ring (bicyclic) bond motifs is 1. The van der Waals surface area contributed by atoms with Crippen molar-refractivity contribution in [3.05, 3.63) is 55.6 Å². The number of para-hydroxylation sites is 1. The number of morpholine rings is 1. The molecule has 0 saturated carbocycles. The van der Waals surface area contributed by atoms with Gasteiger partial charge in [0.15, 0.2) is 0 Å². The summed E-state index contributed by atoms with van der Waals surface area (Å²) in [5, 5.41) is 10.3. The standard InChI is InChI=1S/C32H44N4O5S/c1-4-14-34(17-16-33-18-20-41-21-19-33)31(40)28-32-13-12-25(42-32)26(27(32)30(39)36(28)23(6-3)22-37)29(38)35(15-5-2)24-10-8-7-9-11-24/h4-5,7-11,23,25-28,37H,1-2,6,12-22H2,3H3/t23-,25+,26-,27-,28?,32?/m0/s1. The van der Waals surface area contributed by atoms with Gasteiger partial charge in [0.1, 0.15) is 6.04 Å². The third-order valence-electron chi connectivity index (χ3n) is 9.43. The van der Waals surface area contributed by atoms with Gasteiger partial charge >= 0.3 is 0 Å². The molecule has 2 unspecified atom stereocenters. The first-order valence-electron chi connectivity index (χ1n) is 15.2. The minimum Gasteiger partial charge on any atom is -0.394 e. The average molecular weight is 597 g/mol. The molecule has 6 atom stereocenters. The minimum absolute atomic E-state index is 0.0460. The minimum atomic E-state index is -0.742. The molecular formula is C32H44N4O5S. The smallest absolute Gasteiger partial charge is 0.247 e. The summed E-state index contributed by atoms with van der Waals surface area (Å²) < 4.78 is 4.77. The van der Waals surface area contributed by atoms with E-state index in [9.17, 15) is 19.5 Å². The fourth-order valence-corrected chi connectivity index (χ4v) is 9.60. The zero-order valence-corrected chi connectivity index (χ0v) is 25.4. The summed E-state index contributed by atoms with van der Waals surface area (Å²) in [6, 6.07) is 8.25. The Morgan fingerprint density at radius 1 is 1.17 bits per heavy atom. The van der Waals surface area contributed by atoms with Gasteiger partial charge in [0.25, 0.3) is 0 Å². The van der Waals surface area contributed by atoms with Gasteiger partial charge in [0, 0.05) is 50.2 Å². The zero-order valence-electron chi connectivity index (χ0n) is 24.6. The van der Waals surface area contributed by atoms with Crippen molar-refractivity contribution in [3.8, 4) is 0 Å². The summed E-state index contributed by atoms with van der Waals surface area (Å²) in [4.78, 5) is 50.9. The lowest BCUT2D eigenvalue weighted by Gasteiger charge is -2.40. The molecule has 5 rings (SSSR count). The van der Waals surface area contributed by atoms with Gasteiger partial charge in [-0.1, -0.05) is 37.3 Å². The van der Waals surface area contributed by atoms with E-state index in [-0.39, 0.29) is 29.6 Å². The van der Waals surface area contributed by atoms with Crippen LogP contribution in [0.4, 0.5) is 5.69 Å². The topological polar surface area (TPSA) is 93.6 Å². The normalized spacial score (nSPS) is 29.3. The molecule has 0 radical (unpaired) electrons. The van der Waals surface area contributed by atoms with Crippen LogP contribution in [-0.2, 0) is 19.1 Å². The summed E-state index contributed by atoms with van der Waals surface area (Å²) in [5.74, 6) is -1.56. The van der Waals surface area contributed by atoms with E-state index in [0.717, 1.165) is 25.2 Å². The van der Waals surface area contributed by atoms with Crippen molar-refractivity contribution >= 4 is 35.2 Å². The highest BCUT2D eigenvalue weighted by molar-refractivity contribution is 8.02. The van der Waals surface area contributed by atoms with Crippen LogP contribution in [0.5, 0.6) is 0 Å². The maximum Gasteiger partial charge on any atom is 0.247 e. The first kappa shape index (κ1) is 30.8. The molecular weight excluding hydrogens is 552 g/mol. The van der Waals surface area contributed by atoms with Crippen LogP contribution in [-0.4, -0.2) is 119 Å². The van der Waals surface area contributed by atoms with E-state index >= 15 is 0 Å². The van der Waals surface area contributed by atoms with E-state index < -0.39 is 28.7 Å². The number of anilines is 1. The third kappa shape index (κ3) is 5.42. The van der Waals surface area contributed by atoms with E-state index in [4.69, 9.17) is 4.74 Å². The molecule has 4 heterocycles. The van der Waals surface area contributed by atoms with Crippen molar-refractivity contribution < 1.29 is 24.2 Å². The van der Waals surface area contributed by atoms with Gasteiger partial charge in [-0.3, -0.25) is 19.3 Å². The predicted octanol–water partition coefficient (Wildman–Crippen LogP) is 2.41. The molecule has 0 aliphatic carbocycles. The predicted molar refractivity (Wildman–Crippen MR) is 165 cm³/mol. The van der Waals surface area contributed by atoms with Crippen molar-refractivity contribution in [1.82, 2.24) is 14.7 Å². The molecule has 4 aliphatic rings. The van der Waals surface area contributed by atoms with Crippen LogP contribution < -0.4 is 4.90 Å². The molecule has 2 bridgehead atoms. The molecule has 1 aromatic carbocycles. The van der Waals surface area contributed by atoms with E-state index in [1.165, 1.54) is 0 Å². The van der Waals surface area contributed by atoms with Gasteiger partial charge in [-0.15, -0.1) is 24.9 Å². The van der Waals surface area contributed by atoms with E-state index in [2.05, 4.69) is 18.1 Å². The Morgan fingerprint density at radius 3 is 2.52 bits per heavy atom. The fourth-order valence-electron chi connectivity index (χ4n) is 7.41. The number of aliphatic hydroxyl groups excluding tert-OH is 1. The van der Waals surface area contributed by atoms with Crippen LogP contribution in [0, 0.1) is 11.8 Å². The van der Waals surface area contributed by atoms with Crippen molar-refractivity contribution in [2.24, 2.45) is 11.8 Å². The summed E-state index contributed by atoms with van der Waals surface area (Å²) in [7, 11) is 0. The Kier molecular flexibility index (Phi) is 9.77. The average Bonchev–Trinajstić information content (AvgIpc) is 3.67. The first-order valence-corrected chi connectivity index (χ1v) is 16.1. The lowest BCUT2D eigenvalue weighted by Crippen LogP contribution is -2.58. The lowest BCUT2D eigenvalue weighted by molar-refractivity contribution is -0.145. The van der Waals surface area contributed by atoms with E-state index in [1.807, 2.05) is 42.2 Å². The molecule has 10 heteroatoms. The number of hydrogen-bond donors (Lipinski definition) is 1. The Bertz CT molecular complexity index is 1160. The molecule has 3 amide bonds. The second kappa shape index (κ2) is 13.3. The number of carbonyl (C=O) groups excluding carboxylic acids is 3. The monoisotopic (exact) mass is 596 g/mol. The molecule has 1 aromatic rings. The van der Waals surface area contributed by atoms with E-state index in [1.54, 1.807) is 33.7 Å². The zero-order chi connectivity index (χ0) is 29.9. The van der Waals surface area contributed by atoms with Gasteiger partial charge in [0.2, 0.25) is 17.7 Å². The van der Waals surface area contributed by atoms with Crippen LogP contribution in [0.2, 0.25) is 0 Å². The van der Waals surface area contributed by atoms with Crippen LogP contribution in [0.25, 0.3) is 0 Å². The number of likely N-dealkylation sites (tertiary alicyclic amines) is 1. The van der Waals surface area contributed by atoms with Gasteiger partial charge in [-0.05, 0) is 31.4 Å². The van der Waals surface area contributed by atoms with Crippen molar-refractivity contribution in [1.29, 1.82) is 0 Å². The Hall–Kier alpha value is -2.66. The Morgan fingerprint density at radius 2 is 1.88 bits per heavy atom.